The summed E-state index contributed by atoms with van der Waals surface area (Å²) in [6, 6.07) is 10.7. The lowest BCUT2D eigenvalue weighted by atomic mass is 10.2. The Morgan fingerprint density at radius 1 is 1.37 bits per heavy atom. The topological polar surface area (TPSA) is 57.0 Å². The number of amides is 1. The van der Waals surface area contributed by atoms with E-state index in [-0.39, 0.29) is 16.9 Å². The minimum Gasteiger partial charge on any atom is -0.309 e. The molecule has 1 aromatic heterocycles. The molecular weight excluding hydrogens is 245 g/mol. The van der Waals surface area contributed by atoms with E-state index in [0.29, 0.717) is 0 Å². The molecular formula is C14H10FN3O. The molecule has 94 valence electrons. The number of benzene rings is 1. The molecule has 0 spiro atoms. The zero-order chi connectivity index (χ0) is 13.8. The lowest BCUT2D eigenvalue weighted by Crippen LogP contribution is -2.27. The smallest absolute Gasteiger partial charge is 0.258 e. The van der Waals surface area contributed by atoms with E-state index in [0.717, 1.165) is 0 Å². The molecule has 0 fully saturated rings. The predicted molar refractivity (Wildman–Crippen MR) is 68.1 cm³/mol. The second kappa shape index (κ2) is 5.27. The van der Waals surface area contributed by atoms with Crippen LogP contribution in [0, 0.1) is 17.1 Å². The Balaban J connectivity index is 2.34. The van der Waals surface area contributed by atoms with Gasteiger partial charge in [-0.25, -0.2) is 9.37 Å². The molecule has 1 heterocycles. The Kier molecular flexibility index (Phi) is 3.53. The Morgan fingerprint density at radius 2 is 2.11 bits per heavy atom. The molecule has 0 atom stereocenters. The van der Waals surface area contributed by atoms with Crippen LogP contribution in [0.25, 0.3) is 0 Å². The van der Waals surface area contributed by atoms with Gasteiger partial charge in [0.2, 0.25) is 0 Å². The maximum atomic E-state index is 13.6. The van der Waals surface area contributed by atoms with Crippen molar-refractivity contribution in [2.24, 2.45) is 0 Å². The van der Waals surface area contributed by atoms with E-state index in [2.05, 4.69) is 4.98 Å². The SMILES string of the molecule is CN(C(=O)c1ccnc(C#N)c1)c1ccccc1F. The van der Waals surface area contributed by atoms with Gasteiger partial charge in [-0.2, -0.15) is 5.26 Å². The number of nitriles is 1. The fourth-order valence-corrected chi connectivity index (χ4v) is 1.65. The summed E-state index contributed by atoms with van der Waals surface area (Å²) in [5.41, 5.74) is 0.618. The molecule has 0 bridgehead atoms. The van der Waals surface area contributed by atoms with Gasteiger partial charge in [0, 0.05) is 18.8 Å². The highest BCUT2D eigenvalue weighted by atomic mass is 19.1. The summed E-state index contributed by atoms with van der Waals surface area (Å²) in [5, 5.41) is 8.75. The van der Waals surface area contributed by atoms with Crippen LogP contribution >= 0.6 is 0 Å². The average molecular weight is 255 g/mol. The third-order valence-corrected chi connectivity index (χ3v) is 2.64. The number of carbonyl (C=O) groups excluding carboxylic acids is 1. The third kappa shape index (κ3) is 2.58. The summed E-state index contributed by atoms with van der Waals surface area (Å²) >= 11 is 0. The first kappa shape index (κ1) is 12.7. The van der Waals surface area contributed by atoms with Gasteiger partial charge in [-0.1, -0.05) is 12.1 Å². The summed E-state index contributed by atoms with van der Waals surface area (Å²) in [4.78, 5) is 17.2. The van der Waals surface area contributed by atoms with E-state index in [1.54, 1.807) is 12.1 Å². The van der Waals surface area contributed by atoms with Crippen molar-refractivity contribution >= 4 is 11.6 Å². The number of hydrogen-bond donors (Lipinski definition) is 0. The molecule has 0 unspecified atom stereocenters. The van der Waals surface area contributed by atoms with E-state index in [9.17, 15) is 9.18 Å². The maximum absolute atomic E-state index is 13.6. The number of para-hydroxylation sites is 1. The van der Waals surface area contributed by atoms with Crippen molar-refractivity contribution < 1.29 is 9.18 Å². The zero-order valence-electron chi connectivity index (χ0n) is 10.2. The number of aromatic nitrogens is 1. The van der Waals surface area contributed by atoms with E-state index in [4.69, 9.17) is 5.26 Å². The monoisotopic (exact) mass is 255 g/mol. The van der Waals surface area contributed by atoms with Crippen LogP contribution < -0.4 is 4.90 Å². The predicted octanol–water partition coefficient (Wildman–Crippen LogP) is 2.37. The van der Waals surface area contributed by atoms with Crippen molar-refractivity contribution in [2.75, 3.05) is 11.9 Å². The Labute approximate surface area is 109 Å². The highest BCUT2D eigenvalue weighted by molar-refractivity contribution is 6.05. The molecule has 2 aromatic rings. The summed E-state index contributed by atoms with van der Waals surface area (Å²) < 4.78 is 13.6. The molecule has 0 N–H and O–H groups in total. The quantitative estimate of drug-likeness (QED) is 0.827. The molecule has 1 aromatic carbocycles. The molecule has 19 heavy (non-hydrogen) atoms. The molecule has 0 aliphatic carbocycles. The van der Waals surface area contributed by atoms with Crippen LogP contribution in [-0.4, -0.2) is 17.9 Å². The van der Waals surface area contributed by atoms with Crippen molar-refractivity contribution in [2.45, 2.75) is 0 Å². The normalized spacial score (nSPS) is 9.74. The molecule has 0 aliphatic rings. The second-order valence-corrected chi connectivity index (χ2v) is 3.86. The van der Waals surface area contributed by atoms with E-state index >= 15 is 0 Å². The van der Waals surface area contributed by atoms with Gasteiger partial charge >= 0.3 is 0 Å². The van der Waals surface area contributed by atoms with Crippen LogP contribution in [0.1, 0.15) is 16.1 Å². The van der Waals surface area contributed by atoms with Gasteiger partial charge in [0.05, 0.1) is 5.69 Å². The summed E-state index contributed by atoms with van der Waals surface area (Å²) in [5.74, 6) is -0.878. The summed E-state index contributed by atoms with van der Waals surface area (Å²) in [6.07, 6.45) is 1.38. The number of hydrogen-bond acceptors (Lipinski definition) is 3. The van der Waals surface area contributed by atoms with Crippen molar-refractivity contribution in [3.8, 4) is 6.07 Å². The number of carbonyl (C=O) groups is 1. The lowest BCUT2D eigenvalue weighted by molar-refractivity contribution is 0.0992. The highest BCUT2D eigenvalue weighted by Gasteiger charge is 2.16. The molecule has 1 amide bonds. The molecule has 5 heteroatoms. The van der Waals surface area contributed by atoms with E-state index in [1.807, 2.05) is 6.07 Å². The molecule has 0 saturated heterocycles. The van der Waals surface area contributed by atoms with Gasteiger partial charge in [0.1, 0.15) is 17.6 Å². The van der Waals surface area contributed by atoms with Gasteiger partial charge in [-0.3, -0.25) is 4.79 Å². The first-order valence-electron chi connectivity index (χ1n) is 5.52. The fraction of sp³-hybridized carbons (Fsp3) is 0.0714. The number of halogens is 1. The lowest BCUT2D eigenvalue weighted by Gasteiger charge is -2.17. The van der Waals surface area contributed by atoms with Crippen molar-refractivity contribution in [3.63, 3.8) is 0 Å². The number of pyridine rings is 1. The van der Waals surface area contributed by atoms with Crippen molar-refractivity contribution in [3.05, 3.63) is 59.7 Å². The summed E-state index contributed by atoms with van der Waals surface area (Å²) in [6.45, 7) is 0. The molecule has 0 saturated carbocycles. The minimum atomic E-state index is -0.479. The molecule has 0 radical (unpaired) electrons. The van der Waals surface area contributed by atoms with Gasteiger partial charge in [0.15, 0.2) is 0 Å². The van der Waals surface area contributed by atoms with Gasteiger partial charge < -0.3 is 4.90 Å². The average Bonchev–Trinajstić information content (AvgIpc) is 2.46. The Hall–Kier alpha value is -2.74. The minimum absolute atomic E-state index is 0.146. The van der Waals surface area contributed by atoms with Gasteiger partial charge in [-0.15, -0.1) is 0 Å². The third-order valence-electron chi connectivity index (χ3n) is 2.64. The summed E-state index contributed by atoms with van der Waals surface area (Å²) in [7, 11) is 1.48. The first-order chi connectivity index (χ1) is 9.13. The molecule has 4 nitrogen and oxygen atoms in total. The van der Waals surface area contributed by atoms with Crippen LogP contribution in [0.2, 0.25) is 0 Å². The number of anilines is 1. The van der Waals surface area contributed by atoms with Crippen molar-refractivity contribution in [1.29, 1.82) is 5.26 Å². The van der Waals surface area contributed by atoms with Crippen LogP contribution in [0.3, 0.4) is 0 Å². The van der Waals surface area contributed by atoms with Crippen LogP contribution in [0.4, 0.5) is 10.1 Å². The molecule has 2 rings (SSSR count). The highest BCUT2D eigenvalue weighted by Crippen LogP contribution is 2.19. The van der Waals surface area contributed by atoms with Crippen LogP contribution in [0.5, 0.6) is 0 Å². The maximum Gasteiger partial charge on any atom is 0.258 e. The Morgan fingerprint density at radius 3 is 2.79 bits per heavy atom. The Bertz CT molecular complexity index is 664. The van der Waals surface area contributed by atoms with Gasteiger partial charge in [0.25, 0.3) is 5.91 Å². The van der Waals surface area contributed by atoms with Gasteiger partial charge in [-0.05, 0) is 24.3 Å². The van der Waals surface area contributed by atoms with Crippen molar-refractivity contribution in [1.82, 2.24) is 4.98 Å². The standard InChI is InChI=1S/C14H10FN3O/c1-18(13-5-3-2-4-12(13)15)14(19)10-6-7-17-11(8-10)9-16/h2-8H,1H3. The first-order valence-corrected chi connectivity index (χ1v) is 5.52. The number of rotatable bonds is 2. The van der Waals surface area contributed by atoms with E-state index < -0.39 is 11.7 Å². The largest absolute Gasteiger partial charge is 0.309 e. The zero-order valence-corrected chi connectivity index (χ0v) is 10.2. The number of nitrogens with zero attached hydrogens (tertiary/aromatic N) is 3. The molecule has 0 aliphatic heterocycles. The van der Waals surface area contributed by atoms with E-state index in [1.165, 1.54) is 42.4 Å². The van der Waals surface area contributed by atoms with Crippen LogP contribution in [-0.2, 0) is 0 Å². The fourth-order valence-electron chi connectivity index (χ4n) is 1.65. The second-order valence-electron chi connectivity index (χ2n) is 3.86. The van der Waals surface area contributed by atoms with Crippen LogP contribution in [0.15, 0.2) is 42.6 Å².